The summed E-state index contributed by atoms with van der Waals surface area (Å²) in [5, 5.41) is 14.2. The lowest BCUT2D eigenvalue weighted by atomic mass is 9.88. The first-order chi connectivity index (χ1) is 17.6. The highest BCUT2D eigenvalue weighted by Crippen LogP contribution is 2.33. The fourth-order valence-electron chi connectivity index (χ4n) is 5.32. The summed E-state index contributed by atoms with van der Waals surface area (Å²) in [4.78, 5) is 6.72. The number of aliphatic hydroxyl groups is 1. The highest BCUT2D eigenvalue weighted by Gasteiger charge is 2.23. The number of β-amino-alcohol motifs (C(OH)–C–C–N with tert-alkyl or cyclic N) is 1. The number of imidazole rings is 1. The van der Waals surface area contributed by atoms with Gasteiger partial charge in [0, 0.05) is 26.0 Å². The number of furan rings is 1. The molecule has 1 aliphatic heterocycles. The average molecular weight is 482 g/mol. The molecule has 1 N–H and O–H groups in total. The predicted molar refractivity (Wildman–Crippen MR) is 142 cm³/mol. The zero-order chi connectivity index (χ0) is 24.5. The number of piperidine rings is 1. The smallest absolute Gasteiger partial charge is 0.175 e. The molecule has 1 saturated heterocycles. The average Bonchev–Trinajstić information content (AvgIpc) is 3.53. The van der Waals surface area contributed by atoms with Crippen molar-refractivity contribution in [2.45, 2.75) is 24.9 Å². The van der Waals surface area contributed by atoms with E-state index < -0.39 is 6.10 Å². The second-order valence-corrected chi connectivity index (χ2v) is 9.79. The third-order valence-electron chi connectivity index (χ3n) is 7.30. The van der Waals surface area contributed by atoms with Crippen molar-refractivity contribution in [3.8, 4) is 17.3 Å². The number of ether oxygens (including phenoxy) is 1. The number of hydrogen-bond donors (Lipinski definition) is 1. The van der Waals surface area contributed by atoms with E-state index in [9.17, 15) is 5.11 Å². The zero-order valence-electron chi connectivity index (χ0n) is 20.5. The van der Waals surface area contributed by atoms with Gasteiger partial charge in [-0.15, -0.1) is 0 Å². The van der Waals surface area contributed by atoms with Crippen molar-refractivity contribution in [3.05, 3.63) is 84.7 Å². The van der Waals surface area contributed by atoms with E-state index >= 15 is 0 Å². The third-order valence-corrected chi connectivity index (χ3v) is 7.30. The third kappa shape index (κ3) is 4.62. The van der Waals surface area contributed by atoms with Gasteiger partial charge in [-0.1, -0.05) is 48.5 Å². The molecule has 1 fully saturated rings. The lowest BCUT2D eigenvalue weighted by molar-refractivity contribution is 0.0599. The summed E-state index contributed by atoms with van der Waals surface area (Å²) in [6, 6.07) is 23.1. The van der Waals surface area contributed by atoms with Gasteiger partial charge in [-0.3, -0.25) is 0 Å². The Hall–Kier alpha value is -3.61. The Morgan fingerprint density at radius 1 is 1.03 bits per heavy atom. The maximum Gasteiger partial charge on any atom is 0.175 e. The SMILES string of the molecule is Cn1ccnc1-c1cc2c(OCC(O)CN3CCC(c4ccc5ccccc5c4)CC3)cccc2o1. The van der Waals surface area contributed by atoms with Crippen LogP contribution in [0.2, 0.25) is 0 Å². The predicted octanol–water partition coefficient (Wildman–Crippen LogP) is 5.61. The number of aromatic nitrogens is 2. The van der Waals surface area contributed by atoms with Crippen molar-refractivity contribution < 1.29 is 14.3 Å². The lowest BCUT2D eigenvalue weighted by Gasteiger charge is -2.33. The van der Waals surface area contributed by atoms with Crippen molar-refractivity contribution in [1.82, 2.24) is 14.5 Å². The Kier molecular flexibility index (Phi) is 6.21. The van der Waals surface area contributed by atoms with Crippen LogP contribution in [0.25, 0.3) is 33.3 Å². The highest BCUT2D eigenvalue weighted by atomic mass is 16.5. The van der Waals surface area contributed by atoms with Gasteiger partial charge in [0.1, 0.15) is 24.0 Å². The molecular formula is C30H31N3O3. The number of aryl methyl sites for hydroxylation is 1. The van der Waals surface area contributed by atoms with Gasteiger partial charge in [0.2, 0.25) is 0 Å². The first kappa shape index (κ1) is 22.8. The second kappa shape index (κ2) is 9.80. The number of benzene rings is 3. The van der Waals surface area contributed by atoms with Crippen molar-refractivity contribution in [1.29, 1.82) is 0 Å². The normalized spacial score (nSPS) is 16.1. The first-order valence-electron chi connectivity index (χ1n) is 12.7. The fourth-order valence-corrected chi connectivity index (χ4v) is 5.32. The molecule has 0 bridgehead atoms. The first-order valence-corrected chi connectivity index (χ1v) is 12.7. The van der Waals surface area contributed by atoms with Crippen LogP contribution in [0.3, 0.4) is 0 Å². The summed E-state index contributed by atoms with van der Waals surface area (Å²) in [5.41, 5.74) is 2.17. The van der Waals surface area contributed by atoms with E-state index in [2.05, 4.69) is 52.3 Å². The summed E-state index contributed by atoms with van der Waals surface area (Å²) in [7, 11) is 1.94. The van der Waals surface area contributed by atoms with Crippen LogP contribution >= 0.6 is 0 Å². The van der Waals surface area contributed by atoms with Crippen LogP contribution in [0.1, 0.15) is 24.3 Å². The van der Waals surface area contributed by atoms with Crippen LogP contribution in [0.5, 0.6) is 5.75 Å². The molecule has 1 aliphatic rings. The van der Waals surface area contributed by atoms with Gasteiger partial charge in [0.05, 0.1) is 5.39 Å². The summed E-state index contributed by atoms with van der Waals surface area (Å²) in [6.07, 6.45) is 5.30. The van der Waals surface area contributed by atoms with E-state index in [1.807, 2.05) is 42.1 Å². The Bertz CT molecular complexity index is 1480. The van der Waals surface area contributed by atoms with E-state index in [1.54, 1.807) is 6.20 Å². The minimum absolute atomic E-state index is 0.243. The molecule has 0 amide bonds. The summed E-state index contributed by atoms with van der Waals surface area (Å²) in [6.45, 7) is 2.83. The molecule has 0 saturated carbocycles. The lowest BCUT2D eigenvalue weighted by Crippen LogP contribution is -2.40. The molecule has 0 aliphatic carbocycles. The quantitative estimate of drug-likeness (QED) is 0.328. The van der Waals surface area contributed by atoms with Crippen molar-refractivity contribution >= 4 is 21.7 Å². The van der Waals surface area contributed by atoms with Crippen LogP contribution in [-0.2, 0) is 7.05 Å². The summed E-state index contributed by atoms with van der Waals surface area (Å²) in [5.74, 6) is 2.75. The largest absolute Gasteiger partial charge is 0.490 e. The van der Waals surface area contributed by atoms with E-state index in [0.29, 0.717) is 24.0 Å². The van der Waals surface area contributed by atoms with Crippen LogP contribution in [0, 0.1) is 0 Å². The van der Waals surface area contributed by atoms with Gasteiger partial charge in [0.15, 0.2) is 11.6 Å². The van der Waals surface area contributed by atoms with Crippen molar-refractivity contribution in [2.24, 2.45) is 7.05 Å². The van der Waals surface area contributed by atoms with E-state index in [4.69, 9.17) is 9.15 Å². The number of aliphatic hydroxyl groups excluding tert-OH is 1. The van der Waals surface area contributed by atoms with Gasteiger partial charge in [-0.25, -0.2) is 4.98 Å². The van der Waals surface area contributed by atoms with Crippen molar-refractivity contribution in [2.75, 3.05) is 26.2 Å². The maximum atomic E-state index is 10.7. The van der Waals surface area contributed by atoms with Crippen LogP contribution in [0.15, 0.2) is 83.5 Å². The Morgan fingerprint density at radius 2 is 1.86 bits per heavy atom. The molecule has 36 heavy (non-hydrogen) atoms. The minimum atomic E-state index is -0.557. The van der Waals surface area contributed by atoms with Gasteiger partial charge in [-0.05, 0) is 66.4 Å². The molecule has 1 atom stereocenters. The number of likely N-dealkylation sites (tertiary alicyclic amines) is 1. The monoisotopic (exact) mass is 481 g/mol. The minimum Gasteiger partial charge on any atom is -0.490 e. The molecule has 6 nitrogen and oxygen atoms in total. The number of hydrogen-bond acceptors (Lipinski definition) is 5. The molecule has 0 radical (unpaired) electrons. The highest BCUT2D eigenvalue weighted by molar-refractivity contribution is 5.87. The molecule has 6 rings (SSSR count). The van der Waals surface area contributed by atoms with E-state index in [-0.39, 0.29) is 6.61 Å². The van der Waals surface area contributed by atoms with Crippen LogP contribution < -0.4 is 4.74 Å². The van der Waals surface area contributed by atoms with Gasteiger partial charge >= 0.3 is 0 Å². The summed E-state index contributed by atoms with van der Waals surface area (Å²) < 4.78 is 14.0. The van der Waals surface area contributed by atoms with Gasteiger partial charge < -0.3 is 23.7 Å². The van der Waals surface area contributed by atoms with E-state index in [0.717, 1.165) is 42.7 Å². The number of rotatable bonds is 7. The standard InChI is InChI=1S/C30H31N3O3/c1-32-16-13-31-30(32)29-18-26-27(7-4-8-28(26)36-29)35-20-25(34)19-33-14-11-22(12-15-33)24-10-9-21-5-2-3-6-23(21)17-24/h2-10,13,16-18,22,25,34H,11-12,14-15,19-20H2,1H3. The van der Waals surface area contributed by atoms with Gasteiger partial charge in [-0.2, -0.15) is 0 Å². The Morgan fingerprint density at radius 3 is 2.67 bits per heavy atom. The topological polar surface area (TPSA) is 63.7 Å². The number of fused-ring (bicyclic) bond motifs is 2. The molecule has 2 aromatic heterocycles. The molecule has 184 valence electrons. The van der Waals surface area contributed by atoms with Crippen LogP contribution in [-0.4, -0.2) is 51.9 Å². The van der Waals surface area contributed by atoms with E-state index in [1.165, 1.54) is 16.3 Å². The zero-order valence-corrected chi connectivity index (χ0v) is 20.5. The molecule has 0 spiro atoms. The van der Waals surface area contributed by atoms with Gasteiger partial charge in [0.25, 0.3) is 0 Å². The molecule has 6 heteroatoms. The maximum absolute atomic E-state index is 10.7. The number of nitrogens with zero attached hydrogens (tertiary/aromatic N) is 3. The molecule has 3 heterocycles. The molecule has 1 unspecified atom stereocenters. The molecule has 5 aromatic rings. The summed E-state index contributed by atoms with van der Waals surface area (Å²) >= 11 is 0. The van der Waals surface area contributed by atoms with Crippen molar-refractivity contribution in [3.63, 3.8) is 0 Å². The Balaban J connectivity index is 1.04. The Labute approximate surface area is 210 Å². The fraction of sp³-hybridized carbons (Fsp3) is 0.300. The molecular weight excluding hydrogens is 450 g/mol. The van der Waals surface area contributed by atoms with Crippen LogP contribution in [0.4, 0.5) is 0 Å². The molecule has 3 aromatic carbocycles. The second-order valence-electron chi connectivity index (χ2n) is 9.79.